The van der Waals surface area contributed by atoms with E-state index in [1.54, 1.807) is 0 Å². The van der Waals surface area contributed by atoms with Crippen molar-refractivity contribution in [3.05, 3.63) is 74.4 Å². The summed E-state index contributed by atoms with van der Waals surface area (Å²) in [6.45, 7) is 3.54. The monoisotopic (exact) mass is 462 g/mol. The lowest BCUT2D eigenvalue weighted by atomic mass is 9.34. The van der Waals surface area contributed by atoms with E-state index in [0.29, 0.717) is 25.3 Å². The molecular formula is C23H25F3N4O3. The third kappa shape index (κ3) is 3.27. The molecule has 3 aromatic rings. The number of carbonyl (C=O) groups is 1. The lowest BCUT2D eigenvalue weighted by Crippen LogP contribution is -2.67. The summed E-state index contributed by atoms with van der Waals surface area (Å²) >= 11 is 0. The smallest absolute Gasteiger partial charge is 0.329 e. The van der Waals surface area contributed by atoms with Gasteiger partial charge in [-0.15, -0.1) is 0 Å². The molecule has 2 atom stereocenters. The first kappa shape index (κ1) is 21.4. The van der Waals surface area contributed by atoms with Gasteiger partial charge in [0.25, 0.3) is 5.56 Å². The van der Waals surface area contributed by atoms with Crippen molar-refractivity contribution in [2.45, 2.75) is 45.2 Å². The summed E-state index contributed by atoms with van der Waals surface area (Å²) in [6, 6.07) is 1.98. The summed E-state index contributed by atoms with van der Waals surface area (Å²) in [5, 5.41) is 2.58. The van der Waals surface area contributed by atoms with Gasteiger partial charge in [0.1, 0.15) is 23.5 Å². The van der Waals surface area contributed by atoms with E-state index in [-0.39, 0.29) is 24.9 Å². The van der Waals surface area contributed by atoms with Gasteiger partial charge >= 0.3 is 5.69 Å². The second-order valence-corrected chi connectivity index (χ2v) is 9.65. The summed E-state index contributed by atoms with van der Waals surface area (Å²) < 4.78 is 42.1. The van der Waals surface area contributed by atoms with Gasteiger partial charge in [0.05, 0.1) is 28.8 Å². The van der Waals surface area contributed by atoms with Crippen LogP contribution in [-0.4, -0.2) is 20.4 Å². The Morgan fingerprint density at radius 3 is 2.52 bits per heavy atom. The van der Waals surface area contributed by atoms with E-state index in [4.69, 9.17) is 0 Å². The second-order valence-electron chi connectivity index (χ2n) is 9.65. The van der Waals surface area contributed by atoms with Gasteiger partial charge in [0, 0.05) is 14.3 Å². The fraction of sp³-hybridized carbons (Fsp3) is 0.391. The van der Waals surface area contributed by atoms with Crippen LogP contribution in [-0.2, 0) is 4.79 Å². The normalized spacial score (nSPS) is 25.1. The number of rotatable bonds is 5. The molecule has 3 fully saturated rings. The first-order chi connectivity index (χ1) is 15.5. The number of hydrogen-bond acceptors (Lipinski definition) is 4. The summed E-state index contributed by atoms with van der Waals surface area (Å²) in [7, 11) is 0. The quantitative estimate of drug-likeness (QED) is 0.606. The van der Waals surface area contributed by atoms with Crippen molar-refractivity contribution in [1.82, 2.24) is 19.9 Å². The molecule has 33 heavy (non-hydrogen) atoms. The molecule has 10 heteroatoms. The zero-order chi connectivity index (χ0) is 23.7. The minimum absolute atomic E-state index is 0. The van der Waals surface area contributed by atoms with Crippen molar-refractivity contribution >= 4 is 16.8 Å². The van der Waals surface area contributed by atoms with E-state index >= 15 is 0 Å². The lowest BCUT2D eigenvalue weighted by molar-refractivity contribution is -0.219. The number of nitrogens with zero attached hydrogens (tertiary/aromatic N) is 2. The number of H-pyrrole nitrogens is 1. The Hall–Kier alpha value is -3.43. The topological polar surface area (TPSA) is 96.9 Å². The molecule has 0 saturated heterocycles. The highest BCUT2D eigenvalue weighted by Crippen LogP contribution is 2.76. The van der Waals surface area contributed by atoms with Crippen LogP contribution >= 0.6 is 0 Å². The Morgan fingerprint density at radius 2 is 1.88 bits per heavy atom. The van der Waals surface area contributed by atoms with Gasteiger partial charge in [-0.3, -0.25) is 14.6 Å². The molecule has 2 aromatic heterocycles. The van der Waals surface area contributed by atoms with E-state index in [1.807, 2.05) is 0 Å². The van der Waals surface area contributed by atoms with Crippen LogP contribution in [0.25, 0.3) is 10.9 Å². The molecule has 3 aliphatic carbocycles. The van der Waals surface area contributed by atoms with E-state index < -0.39 is 52.1 Å². The van der Waals surface area contributed by atoms with Crippen LogP contribution in [0.5, 0.6) is 0 Å². The second kappa shape index (κ2) is 7.03. The number of hydrogen-bond donors (Lipinski definition) is 2. The predicted octanol–water partition coefficient (Wildman–Crippen LogP) is 3.60. The molecule has 0 spiro atoms. The Bertz CT molecular complexity index is 1420. The summed E-state index contributed by atoms with van der Waals surface area (Å²) in [5.74, 6) is -3.08. The third-order valence-corrected chi connectivity index (χ3v) is 6.92. The van der Waals surface area contributed by atoms with Gasteiger partial charge in [-0.2, -0.15) is 0 Å². The van der Waals surface area contributed by atoms with Crippen LogP contribution in [0.15, 0.2) is 40.1 Å². The largest absolute Gasteiger partial charge is 0.346 e. The average molecular weight is 462 g/mol. The zero-order valence-corrected chi connectivity index (χ0v) is 17.9. The molecule has 2 bridgehead atoms. The highest BCUT2D eigenvalue weighted by molar-refractivity contribution is 5.83. The number of pyridine rings is 1. The minimum Gasteiger partial charge on any atom is -0.346 e. The van der Waals surface area contributed by atoms with Crippen molar-refractivity contribution in [2.24, 2.45) is 10.8 Å². The number of amides is 1. The molecule has 3 saturated carbocycles. The molecule has 0 aliphatic heterocycles. The Kier molecular flexibility index (Phi) is 4.56. The van der Waals surface area contributed by atoms with Crippen molar-refractivity contribution in [2.75, 3.05) is 0 Å². The molecule has 2 N–H and O–H groups in total. The first-order valence-electron chi connectivity index (χ1n) is 10.6. The van der Waals surface area contributed by atoms with Crippen LogP contribution in [0.2, 0.25) is 0 Å². The molecule has 7 nitrogen and oxygen atoms in total. The minimum atomic E-state index is -1.17. The van der Waals surface area contributed by atoms with Crippen molar-refractivity contribution in [3.63, 3.8) is 0 Å². The molecular weight excluding hydrogens is 437 g/mol. The first-order valence-corrected chi connectivity index (χ1v) is 10.6. The van der Waals surface area contributed by atoms with Crippen molar-refractivity contribution < 1.29 is 20.8 Å². The summed E-state index contributed by atoms with van der Waals surface area (Å²) in [5.41, 5.74) is -2.12. The van der Waals surface area contributed by atoms with Crippen LogP contribution in [0, 0.1) is 28.3 Å². The number of benzene rings is 1. The van der Waals surface area contributed by atoms with Crippen LogP contribution in [0.4, 0.5) is 13.2 Å². The molecule has 1 amide bonds. The molecule has 3 aliphatic rings. The molecule has 0 radical (unpaired) electrons. The number of fused-ring (bicyclic) bond motifs is 1. The Balaban J connectivity index is 0.00000171. The number of carbonyl (C=O) groups excluding carboxylic acids is 1. The molecule has 0 unspecified atom stereocenters. The van der Waals surface area contributed by atoms with Crippen LogP contribution < -0.4 is 16.6 Å². The summed E-state index contributed by atoms with van der Waals surface area (Å²) in [6.07, 6.45) is 2.77. The van der Waals surface area contributed by atoms with Gasteiger partial charge in [0.2, 0.25) is 5.91 Å². The van der Waals surface area contributed by atoms with Crippen LogP contribution in [0.3, 0.4) is 0 Å². The molecule has 6 rings (SSSR count). The number of halogens is 3. The van der Waals surface area contributed by atoms with Crippen molar-refractivity contribution in [3.8, 4) is 0 Å². The molecule has 176 valence electrons. The van der Waals surface area contributed by atoms with Gasteiger partial charge in [-0.1, -0.05) is 6.92 Å². The Labute approximate surface area is 188 Å². The fourth-order valence-corrected chi connectivity index (χ4v) is 5.89. The van der Waals surface area contributed by atoms with E-state index in [1.165, 1.54) is 13.0 Å². The number of aromatic nitrogens is 3. The lowest BCUT2D eigenvalue weighted by Gasteiger charge is -2.71. The van der Waals surface area contributed by atoms with Crippen molar-refractivity contribution in [1.29, 1.82) is 0 Å². The maximum absolute atomic E-state index is 14.2. The highest BCUT2D eigenvalue weighted by atomic mass is 19.1. The van der Waals surface area contributed by atoms with Gasteiger partial charge in [0.15, 0.2) is 0 Å². The van der Waals surface area contributed by atoms with E-state index in [2.05, 4.69) is 22.2 Å². The van der Waals surface area contributed by atoms with Crippen LogP contribution in [0.1, 0.15) is 53.7 Å². The third-order valence-electron chi connectivity index (χ3n) is 6.92. The fourth-order valence-electron chi connectivity index (χ4n) is 5.89. The standard InChI is InChI=1S/C23H21F3N4O3.2H2/c1-11(17-15(26)6-13(25)7-27-17)28-19(31)18(23-8-22(2,9-23)10-23)30-20(32)14-5-12(24)3-4-16(14)29-21(30)33;;/h3-7,11,18H,8-10H2,1-2H3,(H,28,31)(H,29,33);2*1H/t11-,18-,22?,23?;;/m1../s1. The summed E-state index contributed by atoms with van der Waals surface area (Å²) in [4.78, 5) is 45.9. The maximum atomic E-state index is 14.2. The SMILES string of the molecule is C[C@@H](NC(=O)[C@@H](n1c(=O)[nH]c2ccc(F)cc2c1=O)C12CC(C)(C1)C2)c1ncc(F)cc1F.[HH].[HH]. The zero-order valence-electron chi connectivity index (χ0n) is 17.9. The van der Waals surface area contributed by atoms with Gasteiger partial charge < -0.3 is 10.3 Å². The Morgan fingerprint density at radius 1 is 1.18 bits per heavy atom. The highest BCUT2D eigenvalue weighted by Gasteiger charge is 2.70. The van der Waals surface area contributed by atoms with E-state index in [0.717, 1.165) is 22.9 Å². The number of aromatic amines is 1. The van der Waals surface area contributed by atoms with E-state index in [9.17, 15) is 27.6 Å². The number of nitrogens with one attached hydrogen (secondary N) is 2. The predicted molar refractivity (Wildman–Crippen MR) is 117 cm³/mol. The average Bonchev–Trinajstić information content (AvgIpc) is 2.68. The maximum Gasteiger partial charge on any atom is 0.329 e. The van der Waals surface area contributed by atoms with Gasteiger partial charge in [-0.25, -0.2) is 22.5 Å². The molecule has 1 aromatic carbocycles. The molecule has 2 heterocycles. The van der Waals surface area contributed by atoms with Gasteiger partial charge in [-0.05, 0) is 49.8 Å².